The second kappa shape index (κ2) is 4.01. The van der Waals surface area contributed by atoms with Crippen molar-refractivity contribution < 1.29 is 4.39 Å². The van der Waals surface area contributed by atoms with E-state index in [1.807, 2.05) is 30.3 Å². The van der Waals surface area contributed by atoms with E-state index in [1.54, 1.807) is 16.8 Å². The van der Waals surface area contributed by atoms with Crippen LogP contribution >= 0.6 is 0 Å². The minimum absolute atomic E-state index is 0.275. The van der Waals surface area contributed by atoms with Gasteiger partial charge in [-0.05, 0) is 18.2 Å². The Hall–Kier alpha value is -2.60. The number of hydrogen-bond donors (Lipinski definition) is 0. The molecule has 0 aliphatic carbocycles. The number of aromatic nitrogens is 1. The Morgan fingerprint density at radius 3 is 2.44 bits per heavy atom. The third-order valence-electron chi connectivity index (χ3n) is 2.96. The summed E-state index contributed by atoms with van der Waals surface area (Å²) in [4.78, 5) is 0. The summed E-state index contributed by atoms with van der Waals surface area (Å²) in [6, 6.07) is 14.8. The van der Waals surface area contributed by atoms with Crippen LogP contribution in [0.1, 0.15) is 5.56 Å². The summed E-state index contributed by atoms with van der Waals surface area (Å²) in [5.74, 6) is -0.275. The van der Waals surface area contributed by atoms with E-state index in [0.29, 0.717) is 5.56 Å². The van der Waals surface area contributed by atoms with Gasteiger partial charge in [0, 0.05) is 23.2 Å². The summed E-state index contributed by atoms with van der Waals surface area (Å²) < 4.78 is 14.8. The third kappa shape index (κ3) is 1.56. The average Bonchev–Trinajstić information content (AvgIpc) is 2.84. The molecule has 86 valence electrons. The van der Waals surface area contributed by atoms with Gasteiger partial charge in [0.15, 0.2) is 0 Å². The third-order valence-corrected chi connectivity index (χ3v) is 2.96. The van der Waals surface area contributed by atoms with Crippen LogP contribution in [0, 0.1) is 17.1 Å². The molecule has 0 atom stereocenters. The molecule has 1 heterocycles. The molecule has 3 heteroatoms. The van der Waals surface area contributed by atoms with Crippen molar-refractivity contribution in [2.75, 3.05) is 0 Å². The first-order valence-electron chi connectivity index (χ1n) is 5.55. The Morgan fingerprint density at radius 1 is 1.00 bits per heavy atom. The van der Waals surface area contributed by atoms with E-state index in [9.17, 15) is 4.39 Å². The highest BCUT2D eigenvalue weighted by atomic mass is 19.1. The molecule has 0 spiro atoms. The van der Waals surface area contributed by atoms with E-state index >= 15 is 0 Å². The molecule has 2 nitrogen and oxygen atoms in total. The first kappa shape index (κ1) is 10.5. The number of benzene rings is 2. The first-order valence-corrected chi connectivity index (χ1v) is 5.55. The highest BCUT2D eigenvalue weighted by Gasteiger charge is 2.07. The normalized spacial score (nSPS) is 10.4. The quantitative estimate of drug-likeness (QED) is 0.634. The van der Waals surface area contributed by atoms with E-state index < -0.39 is 0 Å². The van der Waals surface area contributed by atoms with Crippen LogP contribution < -0.4 is 0 Å². The maximum atomic E-state index is 13.1. The minimum Gasteiger partial charge on any atom is -0.320 e. The standard InChI is InChI=1S/C15H9FN2/c16-12-7-8-18(10-12)15-6-5-11(9-17)13-3-1-2-4-14(13)15/h1-8,10H. The van der Waals surface area contributed by atoms with Crippen molar-refractivity contribution in [1.82, 2.24) is 4.57 Å². The van der Waals surface area contributed by atoms with Crippen molar-refractivity contribution in [3.63, 3.8) is 0 Å². The van der Waals surface area contributed by atoms with Gasteiger partial charge in [0.05, 0.1) is 17.3 Å². The van der Waals surface area contributed by atoms with Crippen LogP contribution in [0.25, 0.3) is 16.5 Å². The van der Waals surface area contributed by atoms with E-state index in [0.717, 1.165) is 16.5 Å². The molecule has 0 N–H and O–H groups in total. The maximum absolute atomic E-state index is 13.1. The Bertz CT molecular complexity index is 766. The molecule has 0 saturated heterocycles. The molecule has 18 heavy (non-hydrogen) atoms. The van der Waals surface area contributed by atoms with Gasteiger partial charge in [0.2, 0.25) is 0 Å². The summed E-state index contributed by atoms with van der Waals surface area (Å²) in [6.07, 6.45) is 3.09. The summed E-state index contributed by atoms with van der Waals surface area (Å²) in [6.45, 7) is 0. The average molecular weight is 236 g/mol. The number of rotatable bonds is 1. The van der Waals surface area contributed by atoms with Crippen molar-refractivity contribution >= 4 is 10.8 Å². The highest BCUT2D eigenvalue weighted by molar-refractivity contribution is 5.94. The molecule has 0 fully saturated rings. The molecule has 3 rings (SSSR count). The molecule has 1 aromatic heterocycles. The van der Waals surface area contributed by atoms with Crippen LogP contribution in [0.3, 0.4) is 0 Å². The van der Waals surface area contributed by atoms with Crippen LogP contribution in [0.4, 0.5) is 4.39 Å². The second-order valence-electron chi connectivity index (χ2n) is 4.03. The molecular formula is C15H9FN2. The SMILES string of the molecule is N#Cc1ccc(-n2ccc(F)c2)c2ccccc12. The fraction of sp³-hybridized carbons (Fsp3) is 0. The lowest BCUT2D eigenvalue weighted by Crippen LogP contribution is -1.93. The molecule has 0 radical (unpaired) electrons. The van der Waals surface area contributed by atoms with E-state index in [-0.39, 0.29) is 5.82 Å². The second-order valence-corrected chi connectivity index (χ2v) is 4.03. The molecule has 0 unspecified atom stereocenters. The van der Waals surface area contributed by atoms with Gasteiger partial charge in [-0.25, -0.2) is 4.39 Å². The van der Waals surface area contributed by atoms with Gasteiger partial charge in [-0.3, -0.25) is 0 Å². The predicted molar refractivity (Wildman–Crippen MR) is 67.9 cm³/mol. The van der Waals surface area contributed by atoms with Crippen LogP contribution in [-0.4, -0.2) is 4.57 Å². The maximum Gasteiger partial charge on any atom is 0.141 e. The topological polar surface area (TPSA) is 28.7 Å². The first-order chi connectivity index (χ1) is 8.79. The van der Waals surface area contributed by atoms with Crippen LogP contribution in [0.15, 0.2) is 54.9 Å². The minimum atomic E-state index is -0.275. The molecular weight excluding hydrogens is 227 g/mol. The van der Waals surface area contributed by atoms with Crippen molar-refractivity contribution in [3.8, 4) is 11.8 Å². The summed E-state index contributed by atoms with van der Waals surface area (Å²) in [7, 11) is 0. The summed E-state index contributed by atoms with van der Waals surface area (Å²) >= 11 is 0. The van der Waals surface area contributed by atoms with Crippen molar-refractivity contribution in [2.24, 2.45) is 0 Å². The molecule has 0 bridgehead atoms. The zero-order valence-corrected chi connectivity index (χ0v) is 9.47. The van der Waals surface area contributed by atoms with Gasteiger partial charge in [0.1, 0.15) is 5.82 Å². The number of nitrogens with zero attached hydrogens (tertiary/aromatic N) is 2. The summed E-state index contributed by atoms with van der Waals surface area (Å²) in [5.41, 5.74) is 1.50. The van der Waals surface area contributed by atoms with E-state index in [4.69, 9.17) is 5.26 Å². The van der Waals surface area contributed by atoms with Gasteiger partial charge >= 0.3 is 0 Å². The van der Waals surface area contributed by atoms with Crippen LogP contribution in [-0.2, 0) is 0 Å². The monoisotopic (exact) mass is 236 g/mol. The molecule has 3 aromatic rings. The van der Waals surface area contributed by atoms with Crippen LogP contribution in [0.2, 0.25) is 0 Å². The number of hydrogen-bond acceptors (Lipinski definition) is 1. The van der Waals surface area contributed by atoms with Gasteiger partial charge in [0.25, 0.3) is 0 Å². The highest BCUT2D eigenvalue weighted by Crippen LogP contribution is 2.25. The number of halogens is 1. The van der Waals surface area contributed by atoms with Gasteiger partial charge in [-0.2, -0.15) is 5.26 Å². The largest absolute Gasteiger partial charge is 0.320 e. The molecule has 0 aliphatic rings. The lowest BCUT2D eigenvalue weighted by molar-refractivity contribution is 0.627. The van der Waals surface area contributed by atoms with E-state index in [2.05, 4.69) is 6.07 Å². The van der Waals surface area contributed by atoms with E-state index in [1.165, 1.54) is 12.3 Å². The Balaban J connectivity index is 2.35. The van der Waals surface area contributed by atoms with Crippen molar-refractivity contribution in [3.05, 3.63) is 66.2 Å². The Labute approximate surface area is 104 Å². The molecule has 0 amide bonds. The zero-order valence-electron chi connectivity index (χ0n) is 9.47. The van der Waals surface area contributed by atoms with Gasteiger partial charge in [-0.15, -0.1) is 0 Å². The van der Waals surface area contributed by atoms with Gasteiger partial charge < -0.3 is 4.57 Å². The number of nitriles is 1. The van der Waals surface area contributed by atoms with Crippen LogP contribution in [0.5, 0.6) is 0 Å². The van der Waals surface area contributed by atoms with Crippen molar-refractivity contribution in [2.45, 2.75) is 0 Å². The fourth-order valence-electron chi connectivity index (χ4n) is 2.13. The summed E-state index contributed by atoms with van der Waals surface area (Å²) in [5, 5.41) is 10.9. The lowest BCUT2D eigenvalue weighted by atomic mass is 10.0. The van der Waals surface area contributed by atoms with Gasteiger partial charge in [-0.1, -0.05) is 24.3 Å². The smallest absolute Gasteiger partial charge is 0.141 e. The Kier molecular flexibility index (Phi) is 2.35. The molecule has 2 aromatic carbocycles. The number of fused-ring (bicyclic) bond motifs is 1. The zero-order chi connectivity index (χ0) is 12.5. The molecule has 0 saturated carbocycles. The Morgan fingerprint density at radius 2 is 1.78 bits per heavy atom. The molecule has 0 aliphatic heterocycles. The predicted octanol–water partition coefficient (Wildman–Crippen LogP) is 3.64. The van der Waals surface area contributed by atoms with Crippen molar-refractivity contribution in [1.29, 1.82) is 5.26 Å². The fourth-order valence-corrected chi connectivity index (χ4v) is 2.13. The lowest BCUT2D eigenvalue weighted by Gasteiger charge is -2.08.